The largest absolute Gasteiger partial charge is 0.416 e. The van der Waals surface area contributed by atoms with Crippen LogP contribution in [-0.2, 0) is 10.9 Å². The van der Waals surface area contributed by atoms with E-state index in [1.807, 2.05) is 0 Å². The molecule has 2 rings (SSSR count). The highest BCUT2D eigenvalue weighted by Crippen LogP contribution is 2.32. The summed E-state index contributed by atoms with van der Waals surface area (Å²) < 4.78 is 42.9. The zero-order valence-electron chi connectivity index (χ0n) is 10.4. The molecular weight excluding hydrogens is 279 g/mol. The number of nitrogens with zero attached hydrogens (tertiary/aromatic N) is 2. The second-order valence-corrected chi connectivity index (χ2v) is 4.19. The zero-order chi connectivity index (χ0) is 14.9. The van der Waals surface area contributed by atoms with Gasteiger partial charge in [-0.3, -0.25) is 0 Å². The summed E-state index contributed by atoms with van der Waals surface area (Å²) in [5.41, 5.74) is -0.919. The van der Waals surface area contributed by atoms with Gasteiger partial charge in [0.05, 0.1) is 11.6 Å². The Hall–Kier alpha value is -1.87. The molecule has 1 aliphatic heterocycles. The Balaban J connectivity index is 2.36. The van der Waals surface area contributed by atoms with Gasteiger partial charge in [0.1, 0.15) is 12.6 Å². The first-order valence-corrected chi connectivity index (χ1v) is 5.70. The maximum absolute atomic E-state index is 12.7. The monoisotopic (exact) mass is 291 g/mol. The molecule has 2 amide bonds. The van der Waals surface area contributed by atoms with Crippen LogP contribution in [0.4, 0.5) is 23.8 Å². The highest BCUT2D eigenvalue weighted by molar-refractivity contribution is 5.94. The average Bonchev–Trinajstić information content (AvgIpc) is 2.64. The summed E-state index contributed by atoms with van der Waals surface area (Å²) in [5, 5.41) is 11.3. The van der Waals surface area contributed by atoms with Gasteiger partial charge in [0.15, 0.2) is 6.23 Å². The van der Waals surface area contributed by atoms with Crippen LogP contribution < -0.4 is 10.2 Å². The topological polar surface area (TPSA) is 74.7 Å². The Labute approximate surface area is 112 Å². The molecule has 2 N–H and O–H groups in total. The number of ether oxygens (including phenoxy) is 1. The smallest absolute Gasteiger partial charge is 0.371 e. The minimum Gasteiger partial charge on any atom is -0.371 e. The number of pyridine rings is 1. The Morgan fingerprint density at radius 3 is 2.85 bits per heavy atom. The second-order valence-electron chi connectivity index (χ2n) is 4.19. The number of urea groups is 1. The number of aliphatic hydroxyl groups is 1. The standard InChI is InChI=1S/C11H12F3N3O3/c1-6-9(20-5-18)17(10(19)16-6)8-4-7(2-3-15-8)11(12,13)14/h2-4,6,9,18H,5H2,1H3,(H,16,19). The lowest BCUT2D eigenvalue weighted by molar-refractivity contribution is -0.137. The van der Waals surface area contributed by atoms with Gasteiger partial charge in [-0.25, -0.2) is 14.7 Å². The fourth-order valence-corrected chi connectivity index (χ4v) is 1.93. The number of nitrogens with one attached hydrogen (secondary N) is 1. The summed E-state index contributed by atoms with van der Waals surface area (Å²) in [6, 6.07) is 0.433. The maximum atomic E-state index is 12.7. The van der Waals surface area contributed by atoms with Crippen LogP contribution in [0, 0.1) is 0 Å². The molecular formula is C11H12F3N3O3. The normalized spacial score (nSPS) is 23.1. The van der Waals surface area contributed by atoms with Crippen molar-refractivity contribution in [3.63, 3.8) is 0 Å². The third-order valence-corrected chi connectivity index (χ3v) is 2.82. The number of alkyl halides is 3. The lowest BCUT2D eigenvalue weighted by atomic mass is 10.2. The third-order valence-electron chi connectivity index (χ3n) is 2.82. The van der Waals surface area contributed by atoms with Gasteiger partial charge in [0, 0.05) is 6.20 Å². The van der Waals surface area contributed by atoms with Crippen LogP contribution in [0.15, 0.2) is 18.3 Å². The van der Waals surface area contributed by atoms with Gasteiger partial charge in [-0.15, -0.1) is 0 Å². The molecule has 0 aliphatic carbocycles. The summed E-state index contributed by atoms with van der Waals surface area (Å²) in [6.07, 6.45) is -4.50. The predicted molar refractivity (Wildman–Crippen MR) is 61.7 cm³/mol. The highest BCUT2D eigenvalue weighted by Gasteiger charge is 2.40. The number of aromatic nitrogens is 1. The first-order valence-electron chi connectivity index (χ1n) is 5.70. The molecule has 1 saturated heterocycles. The van der Waals surface area contributed by atoms with E-state index in [-0.39, 0.29) is 5.82 Å². The second kappa shape index (κ2) is 5.25. The van der Waals surface area contributed by atoms with E-state index in [4.69, 9.17) is 9.84 Å². The van der Waals surface area contributed by atoms with E-state index in [9.17, 15) is 18.0 Å². The van der Waals surface area contributed by atoms with Crippen molar-refractivity contribution in [1.29, 1.82) is 0 Å². The summed E-state index contributed by atoms with van der Waals surface area (Å²) in [4.78, 5) is 16.5. The highest BCUT2D eigenvalue weighted by atomic mass is 19.4. The first-order chi connectivity index (χ1) is 9.34. The minimum atomic E-state index is -4.53. The van der Waals surface area contributed by atoms with E-state index >= 15 is 0 Å². The molecule has 2 atom stereocenters. The van der Waals surface area contributed by atoms with Gasteiger partial charge in [0.25, 0.3) is 0 Å². The van der Waals surface area contributed by atoms with Crippen molar-refractivity contribution in [2.24, 2.45) is 0 Å². The summed E-state index contributed by atoms with van der Waals surface area (Å²) in [7, 11) is 0. The van der Waals surface area contributed by atoms with Crippen LogP contribution in [0.2, 0.25) is 0 Å². The number of aliphatic hydroxyl groups excluding tert-OH is 1. The molecule has 0 saturated carbocycles. The fraction of sp³-hybridized carbons (Fsp3) is 0.455. The number of carbonyl (C=O) groups is 1. The van der Waals surface area contributed by atoms with Crippen molar-refractivity contribution in [3.05, 3.63) is 23.9 Å². The number of halogens is 3. The van der Waals surface area contributed by atoms with Gasteiger partial charge in [-0.1, -0.05) is 0 Å². The minimum absolute atomic E-state index is 0.194. The average molecular weight is 291 g/mol. The molecule has 1 fully saturated rings. The molecule has 9 heteroatoms. The lowest BCUT2D eigenvalue weighted by Crippen LogP contribution is -2.39. The van der Waals surface area contributed by atoms with Gasteiger partial charge in [-0.05, 0) is 19.1 Å². The predicted octanol–water partition coefficient (Wildman–Crippen LogP) is 1.31. The van der Waals surface area contributed by atoms with Gasteiger partial charge in [0.2, 0.25) is 0 Å². The van der Waals surface area contributed by atoms with E-state index in [0.29, 0.717) is 0 Å². The zero-order valence-corrected chi connectivity index (χ0v) is 10.4. The van der Waals surface area contributed by atoms with Crippen molar-refractivity contribution < 1.29 is 27.8 Å². The van der Waals surface area contributed by atoms with Crippen LogP contribution in [0.5, 0.6) is 0 Å². The number of hydrogen-bond donors (Lipinski definition) is 2. The van der Waals surface area contributed by atoms with Gasteiger partial charge >= 0.3 is 12.2 Å². The molecule has 20 heavy (non-hydrogen) atoms. The van der Waals surface area contributed by atoms with E-state index in [1.165, 1.54) is 0 Å². The van der Waals surface area contributed by atoms with Crippen LogP contribution in [0.1, 0.15) is 12.5 Å². The molecule has 6 nitrogen and oxygen atoms in total. The lowest BCUT2D eigenvalue weighted by Gasteiger charge is -2.23. The Kier molecular flexibility index (Phi) is 3.82. The van der Waals surface area contributed by atoms with E-state index in [0.717, 1.165) is 23.2 Å². The molecule has 2 heterocycles. The number of hydrogen-bond acceptors (Lipinski definition) is 4. The van der Waals surface area contributed by atoms with Crippen molar-refractivity contribution in [1.82, 2.24) is 10.3 Å². The van der Waals surface area contributed by atoms with E-state index in [1.54, 1.807) is 6.92 Å². The fourth-order valence-electron chi connectivity index (χ4n) is 1.93. The number of amides is 2. The molecule has 1 aromatic rings. The molecule has 1 aromatic heterocycles. The van der Waals surface area contributed by atoms with E-state index in [2.05, 4.69) is 10.3 Å². The summed E-state index contributed by atoms with van der Waals surface area (Å²) >= 11 is 0. The number of anilines is 1. The molecule has 0 aromatic carbocycles. The molecule has 110 valence electrons. The number of carbonyl (C=O) groups excluding carboxylic acids is 1. The van der Waals surface area contributed by atoms with Crippen LogP contribution >= 0.6 is 0 Å². The molecule has 0 spiro atoms. The summed E-state index contributed by atoms with van der Waals surface area (Å²) in [5.74, 6) is -0.194. The molecule has 0 radical (unpaired) electrons. The number of rotatable bonds is 3. The van der Waals surface area contributed by atoms with Crippen LogP contribution in [0.25, 0.3) is 0 Å². The maximum Gasteiger partial charge on any atom is 0.416 e. The van der Waals surface area contributed by atoms with Crippen molar-refractivity contribution in [3.8, 4) is 0 Å². The van der Waals surface area contributed by atoms with Crippen molar-refractivity contribution >= 4 is 11.8 Å². The van der Waals surface area contributed by atoms with Crippen LogP contribution in [-0.4, -0.2) is 35.2 Å². The SMILES string of the molecule is CC1NC(=O)N(c2cc(C(F)(F)F)ccn2)C1OCO. The third kappa shape index (κ3) is 2.68. The van der Waals surface area contributed by atoms with Crippen molar-refractivity contribution in [2.45, 2.75) is 25.4 Å². The van der Waals surface area contributed by atoms with E-state index < -0.39 is 36.8 Å². The Morgan fingerprint density at radius 2 is 2.25 bits per heavy atom. The quantitative estimate of drug-likeness (QED) is 0.823. The molecule has 1 aliphatic rings. The Bertz CT molecular complexity index is 509. The van der Waals surface area contributed by atoms with Crippen molar-refractivity contribution in [2.75, 3.05) is 11.7 Å². The Morgan fingerprint density at radius 1 is 1.55 bits per heavy atom. The first kappa shape index (κ1) is 14.5. The van der Waals surface area contributed by atoms with Gasteiger partial charge < -0.3 is 15.2 Å². The molecule has 0 bridgehead atoms. The summed E-state index contributed by atoms with van der Waals surface area (Å²) in [6.45, 7) is 0.936. The molecule has 2 unspecified atom stereocenters. The van der Waals surface area contributed by atoms with Crippen LogP contribution in [0.3, 0.4) is 0 Å². The van der Waals surface area contributed by atoms with Gasteiger partial charge in [-0.2, -0.15) is 13.2 Å².